The van der Waals surface area contributed by atoms with E-state index >= 15 is 0 Å². The summed E-state index contributed by atoms with van der Waals surface area (Å²) in [7, 11) is -1.38. The fourth-order valence-corrected chi connectivity index (χ4v) is 5.66. The average molecular weight is 480 g/mol. The van der Waals surface area contributed by atoms with Crippen molar-refractivity contribution in [3.63, 3.8) is 0 Å². The number of nitrogens with one attached hydrogen (secondary N) is 1. The highest BCUT2D eigenvalue weighted by atomic mass is 32.2. The lowest BCUT2D eigenvalue weighted by molar-refractivity contribution is 0.273. The average Bonchev–Trinajstić information content (AvgIpc) is 3.37. The van der Waals surface area contributed by atoms with Gasteiger partial charge in [0.2, 0.25) is 0 Å². The molecule has 2 aliphatic rings. The lowest BCUT2D eigenvalue weighted by Gasteiger charge is -2.31. The van der Waals surface area contributed by atoms with Crippen LogP contribution in [0.4, 0.5) is 0 Å². The van der Waals surface area contributed by atoms with E-state index in [1.807, 2.05) is 41.9 Å². The predicted molar refractivity (Wildman–Crippen MR) is 131 cm³/mol. The van der Waals surface area contributed by atoms with Crippen LogP contribution < -0.4 is 5.56 Å². The molecule has 4 aromatic rings. The predicted octanol–water partition coefficient (Wildman–Crippen LogP) is 3.93. The summed E-state index contributed by atoms with van der Waals surface area (Å²) in [6.07, 6.45) is 10.8. The molecule has 0 aliphatic heterocycles. The van der Waals surface area contributed by atoms with Crippen LogP contribution in [0.15, 0.2) is 58.7 Å². The third-order valence-corrected chi connectivity index (χ3v) is 7.89. The van der Waals surface area contributed by atoms with E-state index in [4.69, 9.17) is 0 Å². The van der Waals surface area contributed by atoms with Gasteiger partial charge < -0.3 is 9.55 Å². The molecule has 2 aliphatic carbocycles. The maximum Gasteiger partial charge on any atom is 0.279 e. The maximum atomic E-state index is 12.8. The summed E-state index contributed by atoms with van der Waals surface area (Å²) in [5.74, 6) is 3.04. The molecular weight excluding hydrogens is 450 g/mol. The molecule has 2 fully saturated rings. The highest BCUT2D eigenvalue weighted by Gasteiger charge is 2.31. The Labute approximate surface area is 198 Å². The van der Waals surface area contributed by atoms with Gasteiger partial charge in [-0.05, 0) is 55.2 Å². The number of hydrogen-bond acceptors (Lipinski definition) is 5. The molecule has 0 unspecified atom stereocenters. The zero-order valence-corrected chi connectivity index (χ0v) is 20.4. The zero-order chi connectivity index (χ0) is 24.0. The molecule has 3 heterocycles. The molecule has 1 N–H and O–H groups in total. The Bertz CT molecular complexity index is 1490. The van der Waals surface area contributed by atoms with E-state index in [-0.39, 0.29) is 10.5 Å². The van der Waals surface area contributed by atoms with Crippen molar-refractivity contribution in [2.45, 2.75) is 49.3 Å². The molecule has 0 radical (unpaired) electrons. The van der Waals surface area contributed by atoms with Gasteiger partial charge in [-0.15, -0.1) is 10.2 Å². The number of hydrogen-bond donors (Lipinski definition) is 1. The Hall–Kier alpha value is -3.20. The first-order chi connectivity index (χ1) is 16.2. The molecule has 0 atom stereocenters. The number of pyridine rings is 1. The number of aromatic nitrogens is 5. The highest BCUT2D eigenvalue weighted by molar-refractivity contribution is 7.91. The van der Waals surface area contributed by atoms with Crippen LogP contribution in [-0.4, -0.2) is 39.0 Å². The monoisotopic (exact) mass is 479 g/mol. The lowest BCUT2D eigenvalue weighted by Crippen LogP contribution is -2.21. The summed E-state index contributed by atoms with van der Waals surface area (Å²) in [5.41, 5.74) is 1.84. The molecule has 0 amide bonds. The molecule has 2 saturated carbocycles. The van der Waals surface area contributed by atoms with Gasteiger partial charge in [0.05, 0.1) is 4.90 Å². The van der Waals surface area contributed by atoms with Crippen molar-refractivity contribution in [1.29, 1.82) is 0 Å². The molecular formula is C25H29N5O3S. The van der Waals surface area contributed by atoms with E-state index in [1.54, 1.807) is 17.1 Å². The molecule has 1 aromatic carbocycles. The number of rotatable bonds is 4. The molecule has 3 aromatic heterocycles. The van der Waals surface area contributed by atoms with Crippen LogP contribution in [0, 0.1) is 5.92 Å². The second-order valence-corrected chi connectivity index (χ2v) is 11.6. The van der Waals surface area contributed by atoms with Crippen molar-refractivity contribution in [1.82, 2.24) is 24.3 Å². The van der Waals surface area contributed by atoms with Gasteiger partial charge in [0, 0.05) is 42.7 Å². The number of nitrogens with zero attached hydrogens (tertiary/aromatic N) is 4. The van der Waals surface area contributed by atoms with Crippen molar-refractivity contribution in [2.24, 2.45) is 13.0 Å². The molecule has 6 rings (SSSR count). The minimum atomic E-state index is -3.39. The molecule has 0 spiro atoms. The SMILES string of the molecule is CC1CC(c2nncn2C)C1.CS(=O)(=O)c1c[nH]c2c(=O)n(-c3ccccc3)cc(C3CC3)c12. The molecule has 0 saturated heterocycles. The highest BCUT2D eigenvalue weighted by Crippen LogP contribution is 2.44. The van der Waals surface area contributed by atoms with Crippen LogP contribution in [0.2, 0.25) is 0 Å². The van der Waals surface area contributed by atoms with Crippen LogP contribution in [0.5, 0.6) is 0 Å². The topological polar surface area (TPSA) is 103 Å². The first kappa shape index (κ1) is 22.6. The number of aromatic amines is 1. The fraction of sp³-hybridized carbons (Fsp3) is 0.400. The number of para-hydroxylation sites is 1. The van der Waals surface area contributed by atoms with Crippen LogP contribution >= 0.6 is 0 Å². The summed E-state index contributed by atoms with van der Waals surface area (Å²) in [6.45, 7) is 2.28. The minimum Gasteiger partial charge on any atom is -0.355 e. The van der Waals surface area contributed by atoms with Gasteiger partial charge in [-0.3, -0.25) is 9.36 Å². The minimum absolute atomic E-state index is 0.215. The molecule has 0 bridgehead atoms. The largest absolute Gasteiger partial charge is 0.355 e. The number of H-pyrrole nitrogens is 1. The number of benzene rings is 1. The van der Waals surface area contributed by atoms with Crippen molar-refractivity contribution in [3.05, 3.63) is 70.8 Å². The standard InChI is InChI=1S/C17H16N2O3S.C8H13N3/c1-23(21,22)14-9-18-16-15(14)13(11-7-8-11)10-19(17(16)20)12-5-3-2-4-6-12;1-6-3-7(4-6)8-10-9-5-11(8)2/h2-6,9-11,18H,7-8H2,1H3;5-7H,3-4H2,1-2H3. The van der Waals surface area contributed by atoms with Gasteiger partial charge in [0.1, 0.15) is 17.7 Å². The van der Waals surface area contributed by atoms with Gasteiger partial charge in [-0.25, -0.2) is 8.42 Å². The summed E-state index contributed by atoms with van der Waals surface area (Å²) in [4.78, 5) is 15.9. The summed E-state index contributed by atoms with van der Waals surface area (Å²) < 4.78 is 27.7. The Morgan fingerprint density at radius 2 is 1.79 bits per heavy atom. The van der Waals surface area contributed by atoms with Crippen molar-refractivity contribution >= 4 is 20.7 Å². The van der Waals surface area contributed by atoms with Gasteiger partial charge in [0.15, 0.2) is 9.84 Å². The van der Waals surface area contributed by atoms with Crippen LogP contribution in [0.25, 0.3) is 16.6 Å². The molecule has 178 valence electrons. The lowest BCUT2D eigenvalue weighted by atomic mass is 9.76. The first-order valence-electron chi connectivity index (χ1n) is 11.6. The van der Waals surface area contributed by atoms with Crippen LogP contribution in [0.1, 0.15) is 55.8 Å². The summed E-state index contributed by atoms with van der Waals surface area (Å²) in [5, 5.41) is 8.51. The van der Waals surface area contributed by atoms with E-state index in [0.29, 0.717) is 22.7 Å². The summed E-state index contributed by atoms with van der Waals surface area (Å²) >= 11 is 0. The van der Waals surface area contributed by atoms with E-state index < -0.39 is 9.84 Å². The Kier molecular flexibility index (Phi) is 5.67. The molecule has 9 heteroatoms. The second kappa shape index (κ2) is 8.54. The molecule has 34 heavy (non-hydrogen) atoms. The number of aryl methyl sites for hydroxylation is 1. The molecule has 8 nitrogen and oxygen atoms in total. The van der Waals surface area contributed by atoms with Crippen molar-refractivity contribution in [2.75, 3.05) is 6.26 Å². The van der Waals surface area contributed by atoms with E-state index in [1.165, 1.54) is 25.3 Å². The van der Waals surface area contributed by atoms with Crippen LogP contribution in [0.3, 0.4) is 0 Å². The van der Waals surface area contributed by atoms with E-state index in [9.17, 15) is 13.2 Å². The van der Waals surface area contributed by atoms with Gasteiger partial charge in [0.25, 0.3) is 5.56 Å². The summed E-state index contributed by atoms with van der Waals surface area (Å²) in [6, 6.07) is 9.37. The first-order valence-corrected chi connectivity index (χ1v) is 13.5. The normalized spacial score (nSPS) is 20.0. The van der Waals surface area contributed by atoms with Crippen LogP contribution in [-0.2, 0) is 16.9 Å². The van der Waals surface area contributed by atoms with Crippen molar-refractivity contribution in [3.8, 4) is 5.69 Å². The Morgan fingerprint density at radius 1 is 1.09 bits per heavy atom. The van der Waals surface area contributed by atoms with Crippen molar-refractivity contribution < 1.29 is 8.42 Å². The van der Waals surface area contributed by atoms with E-state index in [0.717, 1.165) is 35.8 Å². The Morgan fingerprint density at radius 3 is 2.35 bits per heavy atom. The third-order valence-electron chi connectivity index (χ3n) is 6.77. The fourth-order valence-electron chi connectivity index (χ4n) is 4.79. The number of sulfone groups is 1. The smallest absolute Gasteiger partial charge is 0.279 e. The quantitative estimate of drug-likeness (QED) is 0.478. The second-order valence-electron chi connectivity index (χ2n) is 9.62. The Balaban J connectivity index is 0.000000183. The maximum absolute atomic E-state index is 12.8. The van der Waals surface area contributed by atoms with Gasteiger partial charge >= 0.3 is 0 Å². The van der Waals surface area contributed by atoms with Gasteiger partial charge in [-0.1, -0.05) is 25.1 Å². The third kappa shape index (κ3) is 4.20. The van der Waals surface area contributed by atoms with E-state index in [2.05, 4.69) is 22.1 Å². The number of fused-ring (bicyclic) bond motifs is 1. The van der Waals surface area contributed by atoms with Gasteiger partial charge in [-0.2, -0.15) is 0 Å². The zero-order valence-electron chi connectivity index (χ0n) is 19.6.